The fourth-order valence-corrected chi connectivity index (χ4v) is 32.8. The van der Waals surface area contributed by atoms with Crippen LogP contribution in [-0.4, -0.2) is 278 Å². The van der Waals surface area contributed by atoms with Crippen molar-refractivity contribution in [2.75, 3.05) is 179 Å². The van der Waals surface area contributed by atoms with Gasteiger partial charge < -0.3 is 111 Å². The van der Waals surface area contributed by atoms with Gasteiger partial charge in [-0.1, -0.05) is 102 Å². The molecule has 6 atom stereocenters. The van der Waals surface area contributed by atoms with Crippen LogP contribution in [0, 0.1) is 11.8 Å². The Kier molecular flexibility index (Phi) is 82.8. The number of fused-ring (bicyclic) bond motifs is 2. The van der Waals surface area contributed by atoms with Gasteiger partial charge in [0.05, 0.1) is 108 Å². The van der Waals surface area contributed by atoms with Gasteiger partial charge in [0.2, 0.25) is 35.4 Å². The summed E-state index contributed by atoms with van der Waals surface area (Å²) in [5.41, 5.74) is 6.48. The molecule has 0 radical (unpaired) electrons. The predicted molar refractivity (Wildman–Crippen MR) is 619 cm³/mol. The summed E-state index contributed by atoms with van der Waals surface area (Å²) in [7, 11) is 13.8. The van der Waals surface area contributed by atoms with E-state index < -0.39 is 33.3 Å². The molecule has 32 nitrogen and oxygen atoms in total. The smallest absolute Gasteiger partial charge is 0.333 e. The quantitative estimate of drug-likeness (QED) is 0.00911. The topological polar surface area (TPSA) is 383 Å². The van der Waals surface area contributed by atoms with Crippen molar-refractivity contribution in [3.05, 3.63) is 131 Å². The van der Waals surface area contributed by atoms with Gasteiger partial charge in [-0.05, 0) is 220 Å². The highest BCUT2D eigenvalue weighted by molar-refractivity contribution is 8.00. The molecule has 6 amide bonds. The Hall–Kier alpha value is -8.24. The Morgan fingerprint density at radius 2 is 0.696 bits per heavy atom. The number of esters is 1. The number of carbonyl (C=O) groups is 9. The molecule has 0 spiro atoms. The molecule has 6 N–H and O–H groups in total. The van der Waals surface area contributed by atoms with Crippen LogP contribution < -0.4 is 50.8 Å². The Balaban J connectivity index is -0.000000386. The maximum atomic E-state index is 12.3. The number of amides is 6. The molecular weight excluding hydrogens is 2000 g/mol. The van der Waals surface area contributed by atoms with Crippen LogP contribution in [0.25, 0.3) is 0 Å². The first-order valence-corrected chi connectivity index (χ1v) is 63.6. The molecule has 0 fully saturated rings. The lowest BCUT2D eigenvalue weighted by atomic mass is 9.95. The van der Waals surface area contributed by atoms with Crippen LogP contribution in [0.2, 0.25) is 77.6 Å². The molecule has 38 heteroatoms. The second kappa shape index (κ2) is 81.5. The normalized spacial score (nSPS) is 14.1. The van der Waals surface area contributed by atoms with Crippen LogP contribution in [0.1, 0.15) is 203 Å². The molecule has 0 aromatic heterocycles. The van der Waals surface area contributed by atoms with Crippen molar-refractivity contribution in [3.8, 4) is 23.0 Å². The molecule has 2 aliphatic heterocycles. The number of ether oxygens (including phenoxy) is 15. The van der Waals surface area contributed by atoms with Crippen molar-refractivity contribution >= 4 is 133 Å². The van der Waals surface area contributed by atoms with Crippen LogP contribution in [-0.2, 0) is 100 Å². The fourth-order valence-electron chi connectivity index (χ4n) is 14.2. The summed E-state index contributed by atoms with van der Waals surface area (Å²) in [6.45, 7) is 57.7. The first kappa shape index (κ1) is 150. The van der Waals surface area contributed by atoms with Gasteiger partial charge in [0, 0.05) is 182 Å². The molecule has 0 aliphatic carbocycles. The Morgan fingerprint density at radius 3 is 0.932 bits per heavy atom. The van der Waals surface area contributed by atoms with Crippen molar-refractivity contribution in [1.29, 1.82) is 0 Å². The van der Waals surface area contributed by atoms with Gasteiger partial charge in [-0.25, -0.2) is 4.79 Å². The van der Waals surface area contributed by atoms with E-state index in [0.29, 0.717) is 105 Å². The molecule has 5 aromatic carbocycles. The lowest BCUT2D eigenvalue weighted by Gasteiger charge is -2.33. The Labute approximate surface area is 904 Å². The molecule has 2 heterocycles. The Morgan fingerprint density at radius 1 is 0.399 bits per heavy atom. The van der Waals surface area contributed by atoms with E-state index in [1.165, 1.54) is 41.5 Å². The van der Waals surface area contributed by atoms with E-state index in [-0.39, 0.29) is 128 Å². The lowest BCUT2D eigenvalue weighted by Crippen LogP contribution is -2.43. The summed E-state index contributed by atoms with van der Waals surface area (Å²) in [6.07, 6.45) is 7.30. The Bertz CT molecular complexity index is 4270. The van der Waals surface area contributed by atoms with Crippen LogP contribution in [0.5, 0.6) is 23.0 Å². The molecule has 2 aliphatic rings. The fraction of sp³-hybridized carbons (Fsp3) is 0.627. The minimum atomic E-state index is -1.56. The minimum absolute atomic E-state index is 0. The summed E-state index contributed by atoms with van der Waals surface area (Å²) in [5.74, 6) is 2.32. The van der Waals surface area contributed by atoms with E-state index in [1.54, 1.807) is 152 Å². The standard InChI is InChI=1S/C17H18N2O2.2C15H36O4Si2.2C13H16O3S.C10H12N2O2.C10H18O4.C8H16N2O2.C5H12O2.4CH4/c1-12(20)18-16-7-3-14(4-8-16)11-15-5-9-17(10-6-15)19-13(2)21;2*1-9-15(13-16-2,14-17-3)18-11-10-12-21(7,8)19-20(4,5)6;2*1-7-8(2)17-13-10(16-4)6-5-9(15-3)11(13)12(7)14;1-7(13)11-9-3-5-10(6-4-9)12-8(2)14;1-8(2)10(11)14-6-5-9(13-4)7-12-3;1-7(11)9-5-3-4-6-10-8(2)12;1-5(7-3)4-6-2;;;;/h3-10H,11H2,1-2H3,(H,18,20)(H,19,21);2*9-14H2,1-8H3;2*5-8H,1-4H3;3-6H,1-2H3,(H,11,13)(H,12,14);9H,1,5-7H2,2-4H3;3-6H2,1-2H3,(H,9,11)(H,10,12);5H,4H2,1-3H3;4*1H4. The number of anilines is 4. The van der Waals surface area contributed by atoms with Crippen molar-refractivity contribution in [2.45, 2.75) is 299 Å². The van der Waals surface area contributed by atoms with Gasteiger partial charge >= 0.3 is 5.97 Å². The molecule has 6 unspecified atom stereocenters. The molecule has 0 saturated heterocycles. The number of methoxy groups -OCH3 is 12. The van der Waals surface area contributed by atoms with Crippen molar-refractivity contribution in [1.82, 2.24) is 10.6 Å². The van der Waals surface area contributed by atoms with Crippen molar-refractivity contribution in [2.24, 2.45) is 11.8 Å². The van der Waals surface area contributed by atoms with Crippen LogP contribution >= 0.6 is 23.5 Å². The number of nitrogens with one attached hydrogen (secondary N) is 6. The van der Waals surface area contributed by atoms with E-state index >= 15 is 0 Å². The highest BCUT2D eigenvalue weighted by atomic mass is 32.2. The maximum Gasteiger partial charge on any atom is 0.333 e. The summed E-state index contributed by atoms with van der Waals surface area (Å²) < 4.78 is 91.9. The summed E-state index contributed by atoms with van der Waals surface area (Å²) in [6, 6.07) is 32.0. The third-order valence-corrected chi connectivity index (χ3v) is 36.8. The molecule has 0 saturated carbocycles. The SMILES string of the molecule is C.C.C.C.C=C(C)C(=O)OCCC(COC)OC.CC(=O)NCCCCNC(C)=O.CC(=O)Nc1ccc(Cc2ccc(NC(C)=O)cc2)cc1.CC(=O)Nc1ccc(NC(C)=O)cc1.CCC(COC)(COC)OCCC[Si](C)(C)O[Si](C)(C)C.CCC(COC)(COC)OCCC[Si](C)(C)O[Si](C)(C)C.COCC(C)OC.COc1ccc(OC)c2c1SC(C)C(C)C2=O.COc1ccc(OC)c2c1SC(C)C(C)C2=O. The van der Waals surface area contributed by atoms with Gasteiger partial charge in [-0.15, -0.1) is 23.5 Å². The summed E-state index contributed by atoms with van der Waals surface area (Å²) in [4.78, 5) is 102. The molecule has 850 valence electrons. The van der Waals surface area contributed by atoms with E-state index in [2.05, 4.69) is 132 Å². The van der Waals surface area contributed by atoms with E-state index in [1.807, 2.05) is 81.4 Å². The number of hydrogen-bond donors (Lipinski definition) is 6. The zero-order valence-electron chi connectivity index (χ0n) is 93.7. The number of ketones is 2. The number of hydrogen-bond acceptors (Lipinski definition) is 28. The average Bonchev–Trinajstić information content (AvgIpc) is 0.773. The third kappa shape index (κ3) is 66.6. The molecule has 0 bridgehead atoms. The number of carbonyl (C=O) groups excluding carboxylic acids is 9. The predicted octanol–water partition coefficient (Wildman–Crippen LogP) is 23.0. The van der Waals surface area contributed by atoms with Crippen molar-refractivity contribution < 1.29 is 122 Å². The highest BCUT2D eigenvalue weighted by Gasteiger charge is 2.38. The van der Waals surface area contributed by atoms with Gasteiger partial charge in [-0.2, -0.15) is 0 Å². The van der Waals surface area contributed by atoms with E-state index in [9.17, 15) is 43.2 Å². The van der Waals surface area contributed by atoms with Crippen molar-refractivity contribution in [3.63, 3.8) is 0 Å². The molecule has 5 aromatic rings. The molecular formula is C110H196N6O26S2Si4. The average molecular weight is 2200 g/mol. The third-order valence-electron chi connectivity index (χ3n) is 21.5. The molecule has 148 heavy (non-hydrogen) atoms. The summed E-state index contributed by atoms with van der Waals surface area (Å²) in [5, 5.41) is 16.6. The summed E-state index contributed by atoms with van der Waals surface area (Å²) >= 11 is 3.36. The number of Topliss-reactive ketones (excluding diaryl/α,β-unsaturated/α-hetero) is 2. The molecule has 7 rings (SSSR count). The minimum Gasteiger partial charge on any atom is -0.496 e. The largest absolute Gasteiger partial charge is 0.496 e. The highest BCUT2D eigenvalue weighted by Crippen LogP contribution is 2.48. The number of thioether (sulfide) groups is 2. The van der Waals surface area contributed by atoms with Gasteiger partial charge in [0.25, 0.3) is 0 Å². The zero-order chi connectivity index (χ0) is 110. The second-order valence-corrected chi connectivity index (χ2v) is 58.9. The zero-order valence-corrected chi connectivity index (χ0v) is 99.3. The number of benzene rings is 5. The van der Waals surface area contributed by atoms with Gasteiger partial charge in [0.15, 0.2) is 44.8 Å². The van der Waals surface area contributed by atoms with Gasteiger partial charge in [0.1, 0.15) is 34.2 Å². The van der Waals surface area contributed by atoms with E-state index in [4.69, 9.17) is 79.3 Å². The number of unbranched alkanes of at least 4 members (excludes halogenated alkanes) is 1. The number of rotatable bonds is 49. The maximum absolute atomic E-state index is 12.3. The van der Waals surface area contributed by atoms with Crippen LogP contribution in [0.4, 0.5) is 22.7 Å². The van der Waals surface area contributed by atoms with Crippen LogP contribution in [0.15, 0.2) is 119 Å². The first-order valence-electron chi connectivity index (χ1n) is 48.8. The monoisotopic (exact) mass is 2190 g/mol. The lowest BCUT2D eigenvalue weighted by molar-refractivity contribution is -0.140. The first-order chi connectivity index (χ1) is 67.5. The van der Waals surface area contributed by atoms with Gasteiger partial charge in [-0.3, -0.25) is 38.4 Å². The van der Waals surface area contributed by atoms with Crippen LogP contribution in [0.3, 0.4) is 0 Å². The van der Waals surface area contributed by atoms with E-state index in [0.717, 1.165) is 114 Å². The second-order valence-electron chi connectivity index (χ2n) is 38.0.